The number of rotatable bonds is 8. The van der Waals surface area contributed by atoms with Crippen molar-refractivity contribution in [1.29, 1.82) is 5.26 Å². The summed E-state index contributed by atoms with van der Waals surface area (Å²) in [7, 11) is 2.00. The molecule has 6 heteroatoms. The van der Waals surface area contributed by atoms with Crippen molar-refractivity contribution in [1.82, 2.24) is 14.2 Å². The van der Waals surface area contributed by atoms with E-state index in [1.807, 2.05) is 48.1 Å². The Hall–Kier alpha value is -3.85. The molecule has 0 aliphatic rings. The van der Waals surface area contributed by atoms with Gasteiger partial charge in [-0.1, -0.05) is 19.1 Å². The molecular weight excluding hydrogens is 400 g/mol. The van der Waals surface area contributed by atoms with Crippen molar-refractivity contribution in [2.45, 2.75) is 39.0 Å². The van der Waals surface area contributed by atoms with E-state index < -0.39 is 5.97 Å². The highest BCUT2D eigenvalue weighted by molar-refractivity contribution is 5.87. The lowest BCUT2D eigenvalue weighted by atomic mass is 9.92. The van der Waals surface area contributed by atoms with E-state index in [-0.39, 0.29) is 6.42 Å². The normalized spacial score (nSPS) is 11.0. The number of aryl methyl sites for hydroxylation is 2. The van der Waals surface area contributed by atoms with Crippen molar-refractivity contribution < 1.29 is 9.90 Å². The molecule has 0 bridgehead atoms. The second-order valence-corrected chi connectivity index (χ2v) is 7.98. The maximum atomic E-state index is 11.0. The van der Waals surface area contributed by atoms with E-state index in [0.717, 1.165) is 52.1 Å². The van der Waals surface area contributed by atoms with Gasteiger partial charge in [-0.3, -0.25) is 4.79 Å². The minimum atomic E-state index is -0.776. The molecule has 0 radical (unpaired) electrons. The van der Waals surface area contributed by atoms with E-state index >= 15 is 0 Å². The largest absolute Gasteiger partial charge is 0.481 e. The maximum Gasteiger partial charge on any atom is 0.303 e. The van der Waals surface area contributed by atoms with E-state index in [1.54, 1.807) is 0 Å². The summed E-state index contributed by atoms with van der Waals surface area (Å²) < 4.78 is 4.07. The van der Waals surface area contributed by atoms with Gasteiger partial charge in [0.2, 0.25) is 0 Å². The fourth-order valence-electron chi connectivity index (χ4n) is 4.28. The summed E-state index contributed by atoms with van der Waals surface area (Å²) in [5.74, 6) is -0.776. The number of carboxylic acids is 1. The molecule has 0 fully saturated rings. The lowest BCUT2D eigenvalue weighted by Crippen LogP contribution is -2.08. The highest BCUT2D eigenvalue weighted by atomic mass is 16.4. The van der Waals surface area contributed by atoms with Gasteiger partial charge in [-0.25, -0.2) is 4.52 Å². The highest BCUT2D eigenvalue weighted by Crippen LogP contribution is 2.36. The van der Waals surface area contributed by atoms with Crippen LogP contribution in [0.25, 0.3) is 28.0 Å². The Balaban J connectivity index is 1.99. The third-order valence-corrected chi connectivity index (χ3v) is 5.87. The topological polar surface area (TPSA) is 83.3 Å². The molecule has 0 amide bonds. The molecule has 32 heavy (non-hydrogen) atoms. The fourth-order valence-corrected chi connectivity index (χ4v) is 4.28. The Morgan fingerprint density at radius 2 is 2.00 bits per heavy atom. The summed E-state index contributed by atoms with van der Waals surface area (Å²) in [5.41, 5.74) is 7.74. The highest BCUT2D eigenvalue weighted by Gasteiger charge is 2.21. The number of carbonyl (C=O) groups is 1. The monoisotopic (exact) mass is 426 g/mol. The minimum Gasteiger partial charge on any atom is -0.481 e. The predicted octanol–water partition coefficient (Wildman–Crippen LogP) is 5.24. The first kappa shape index (κ1) is 21.4. The quantitative estimate of drug-likeness (QED) is 0.391. The Labute approximate surface area is 187 Å². The predicted molar refractivity (Wildman–Crippen MR) is 124 cm³/mol. The van der Waals surface area contributed by atoms with Crippen LogP contribution in [0.2, 0.25) is 0 Å². The van der Waals surface area contributed by atoms with E-state index in [9.17, 15) is 10.1 Å². The molecule has 1 N–H and O–H groups in total. The number of fused-ring (bicyclic) bond motifs is 1. The maximum absolute atomic E-state index is 11.0. The van der Waals surface area contributed by atoms with Crippen LogP contribution in [0.15, 0.2) is 54.7 Å². The molecule has 4 rings (SSSR count). The first-order chi connectivity index (χ1) is 15.5. The molecular formula is C26H26N4O2. The van der Waals surface area contributed by atoms with Gasteiger partial charge in [-0.05, 0) is 73.2 Å². The van der Waals surface area contributed by atoms with E-state index in [2.05, 4.69) is 35.8 Å². The van der Waals surface area contributed by atoms with Crippen LogP contribution in [0, 0.1) is 11.3 Å². The number of unbranched alkanes of at least 4 members (excludes halogenated alkanes) is 1. The van der Waals surface area contributed by atoms with Crippen LogP contribution in [0.4, 0.5) is 0 Å². The average Bonchev–Trinajstić information content (AvgIpc) is 3.41. The van der Waals surface area contributed by atoms with Gasteiger partial charge in [0.15, 0.2) is 0 Å². The lowest BCUT2D eigenvalue weighted by Gasteiger charge is -2.18. The Morgan fingerprint density at radius 3 is 2.69 bits per heavy atom. The second kappa shape index (κ2) is 9.11. The summed E-state index contributed by atoms with van der Waals surface area (Å²) in [5, 5.41) is 23.6. The third kappa shape index (κ3) is 4.02. The number of nitrogens with zero attached hydrogens (tertiary/aromatic N) is 4. The fraction of sp³-hybridized carbons (Fsp3) is 0.269. The van der Waals surface area contributed by atoms with Crippen molar-refractivity contribution in [3.05, 3.63) is 71.5 Å². The number of aromatic nitrogens is 3. The van der Waals surface area contributed by atoms with Gasteiger partial charge >= 0.3 is 5.97 Å². The zero-order chi connectivity index (χ0) is 22.7. The second-order valence-electron chi connectivity index (χ2n) is 7.98. The molecule has 4 aromatic rings. The summed E-state index contributed by atoms with van der Waals surface area (Å²) >= 11 is 0. The average molecular weight is 427 g/mol. The molecule has 0 atom stereocenters. The van der Waals surface area contributed by atoms with Crippen LogP contribution in [0.3, 0.4) is 0 Å². The van der Waals surface area contributed by atoms with Gasteiger partial charge < -0.3 is 9.67 Å². The van der Waals surface area contributed by atoms with Gasteiger partial charge in [0.25, 0.3) is 0 Å². The summed E-state index contributed by atoms with van der Waals surface area (Å²) in [6, 6.07) is 18.2. The van der Waals surface area contributed by atoms with Crippen molar-refractivity contribution in [2.75, 3.05) is 0 Å². The zero-order valence-corrected chi connectivity index (χ0v) is 18.4. The van der Waals surface area contributed by atoms with Crippen LogP contribution >= 0.6 is 0 Å². The molecule has 3 heterocycles. The van der Waals surface area contributed by atoms with Crippen LogP contribution in [-0.2, 0) is 24.7 Å². The summed E-state index contributed by atoms with van der Waals surface area (Å²) in [6.07, 6.45) is 5.06. The van der Waals surface area contributed by atoms with E-state index in [4.69, 9.17) is 10.2 Å². The number of carboxylic acid groups (broad SMARTS) is 1. The Morgan fingerprint density at radius 1 is 1.16 bits per heavy atom. The molecule has 1 aromatic carbocycles. The third-order valence-electron chi connectivity index (χ3n) is 5.87. The lowest BCUT2D eigenvalue weighted by molar-refractivity contribution is -0.137. The molecule has 0 unspecified atom stereocenters. The smallest absolute Gasteiger partial charge is 0.303 e. The molecule has 0 aliphatic heterocycles. The number of hydrogen-bond acceptors (Lipinski definition) is 3. The van der Waals surface area contributed by atoms with Gasteiger partial charge in [0, 0.05) is 30.9 Å². The molecule has 0 saturated heterocycles. The molecule has 3 aromatic heterocycles. The number of nitriles is 1. The summed E-state index contributed by atoms with van der Waals surface area (Å²) in [6.45, 7) is 2.11. The minimum absolute atomic E-state index is 0.152. The SMILES string of the molecule is CCc1ccc2c(-c3cccc(C#N)c3)c(CCCCC(=O)O)c(-c3cccn3C)nn12. The molecule has 0 aliphatic carbocycles. The zero-order valence-electron chi connectivity index (χ0n) is 18.4. The van der Waals surface area contributed by atoms with Crippen LogP contribution < -0.4 is 0 Å². The van der Waals surface area contributed by atoms with Crippen molar-refractivity contribution >= 4 is 11.5 Å². The Kier molecular flexibility index (Phi) is 6.09. The van der Waals surface area contributed by atoms with E-state index in [1.165, 1.54) is 0 Å². The molecule has 0 saturated carbocycles. The molecule has 162 valence electrons. The van der Waals surface area contributed by atoms with Crippen LogP contribution in [-0.4, -0.2) is 25.3 Å². The Bertz CT molecular complexity index is 1320. The first-order valence-electron chi connectivity index (χ1n) is 10.9. The first-order valence-corrected chi connectivity index (χ1v) is 10.9. The van der Waals surface area contributed by atoms with Crippen molar-refractivity contribution in [3.8, 4) is 28.6 Å². The summed E-state index contributed by atoms with van der Waals surface area (Å²) in [4.78, 5) is 11.0. The van der Waals surface area contributed by atoms with Gasteiger partial charge in [0.1, 0.15) is 5.69 Å². The van der Waals surface area contributed by atoms with Gasteiger partial charge in [0.05, 0.1) is 22.8 Å². The van der Waals surface area contributed by atoms with Gasteiger partial charge in [-0.15, -0.1) is 0 Å². The number of hydrogen-bond donors (Lipinski definition) is 1. The van der Waals surface area contributed by atoms with Crippen molar-refractivity contribution in [3.63, 3.8) is 0 Å². The van der Waals surface area contributed by atoms with E-state index in [0.29, 0.717) is 18.4 Å². The van der Waals surface area contributed by atoms with Crippen LogP contribution in [0.5, 0.6) is 0 Å². The number of benzene rings is 1. The van der Waals surface area contributed by atoms with Gasteiger partial charge in [-0.2, -0.15) is 10.4 Å². The molecule has 6 nitrogen and oxygen atoms in total. The van der Waals surface area contributed by atoms with Crippen LogP contribution in [0.1, 0.15) is 43.0 Å². The molecule has 0 spiro atoms. The standard InChI is InChI=1S/C26H26N4O2/c1-3-20-13-14-22-25(19-9-6-8-18(16-19)17-27)21(10-4-5-12-24(31)32)26(28-30(20)22)23-11-7-15-29(23)2/h6-9,11,13-16H,3-5,10,12H2,1-2H3,(H,31,32). The van der Waals surface area contributed by atoms with Crippen molar-refractivity contribution in [2.24, 2.45) is 7.05 Å². The number of aliphatic carboxylic acids is 1.